The number of non-ortho nitro benzene ring substituents is 2. The van der Waals surface area contributed by atoms with Crippen LogP contribution in [-0.4, -0.2) is 34.8 Å². The molecule has 0 aliphatic heterocycles. The number of rotatable bonds is 6. The molecule has 0 aromatic heterocycles. The Bertz CT molecular complexity index is 568. The number of amides is 2. The summed E-state index contributed by atoms with van der Waals surface area (Å²) >= 11 is 0. The molecule has 0 aliphatic rings. The molecule has 0 aliphatic carbocycles. The highest BCUT2D eigenvalue weighted by molar-refractivity contribution is 5.95. The summed E-state index contributed by atoms with van der Waals surface area (Å²) in [5.74, 6) is -0.970. The molecule has 2 N–H and O–H groups in total. The lowest BCUT2D eigenvalue weighted by Gasteiger charge is -2.05. The highest BCUT2D eigenvalue weighted by Gasteiger charge is 2.19. The number of benzene rings is 1. The third-order valence-electron chi connectivity index (χ3n) is 2.37. The number of carbonyl (C=O) groups is 2. The van der Waals surface area contributed by atoms with E-state index in [0.717, 1.165) is 18.2 Å². The van der Waals surface area contributed by atoms with Crippen LogP contribution in [0, 0.1) is 20.2 Å². The number of nitrogens with one attached hydrogen (secondary N) is 2. The van der Waals surface area contributed by atoms with Crippen LogP contribution in [0.4, 0.5) is 11.4 Å². The van der Waals surface area contributed by atoms with E-state index >= 15 is 0 Å². The van der Waals surface area contributed by atoms with Crippen LogP contribution >= 0.6 is 0 Å². The monoisotopic (exact) mass is 296 g/mol. The van der Waals surface area contributed by atoms with Gasteiger partial charge in [-0.05, 0) is 0 Å². The highest BCUT2D eigenvalue weighted by Crippen LogP contribution is 2.22. The Balaban J connectivity index is 2.85. The number of carbonyl (C=O) groups excluding carboxylic acids is 2. The lowest BCUT2D eigenvalue weighted by molar-refractivity contribution is -0.394. The molecule has 0 radical (unpaired) electrons. The zero-order valence-electron chi connectivity index (χ0n) is 11.0. The van der Waals surface area contributed by atoms with Gasteiger partial charge >= 0.3 is 0 Å². The van der Waals surface area contributed by atoms with Crippen molar-refractivity contribution in [3.05, 3.63) is 44.0 Å². The van der Waals surface area contributed by atoms with E-state index in [4.69, 9.17) is 0 Å². The van der Waals surface area contributed by atoms with E-state index < -0.39 is 27.1 Å². The standard InChI is InChI=1S/C11H12N4O6/c1-7(16)12-2-3-13-11(17)8-4-9(14(18)19)6-10(5-8)15(20)21/h4-6H,2-3H2,1H3,(H,12,16)(H,13,17). The van der Waals surface area contributed by atoms with Crippen molar-refractivity contribution in [2.24, 2.45) is 0 Å². The first-order chi connectivity index (χ1) is 9.81. The second-order valence-corrected chi connectivity index (χ2v) is 3.99. The summed E-state index contributed by atoms with van der Waals surface area (Å²) in [4.78, 5) is 42.1. The fourth-order valence-corrected chi connectivity index (χ4v) is 1.45. The van der Waals surface area contributed by atoms with Crippen LogP contribution in [0.5, 0.6) is 0 Å². The molecule has 0 spiro atoms. The molecule has 112 valence electrons. The topological polar surface area (TPSA) is 144 Å². The maximum absolute atomic E-state index is 11.8. The fraction of sp³-hybridized carbons (Fsp3) is 0.273. The molecule has 1 aromatic rings. The summed E-state index contributed by atoms with van der Waals surface area (Å²) in [5.41, 5.74) is -1.29. The van der Waals surface area contributed by atoms with E-state index in [9.17, 15) is 29.8 Å². The third-order valence-corrected chi connectivity index (χ3v) is 2.37. The molecule has 10 heteroatoms. The van der Waals surface area contributed by atoms with Gasteiger partial charge in [0.15, 0.2) is 0 Å². The summed E-state index contributed by atoms with van der Waals surface area (Å²) in [6.45, 7) is 1.58. The summed E-state index contributed by atoms with van der Waals surface area (Å²) < 4.78 is 0. The minimum absolute atomic E-state index is 0.0922. The average molecular weight is 296 g/mol. The molecule has 0 saturated heterocycles. The molecule has 2 amide bonds. The van der Waals surface area contributed by atoms with Gasteiger partial charge in [-0.1, -0.05) is 0 Å². The van der Waals surface area contributed by atoms with Gasteiger partial charge in [0.25, 0.3) is 17.3 Å². The average Bonchev–Trinajstić information content (AvgIpc) is 2.42. The van der Waals surface area contributed by atoms with Gasteiger partial charge in [0.05, 0.1) is 21.5 Å². The van der Waals surface area contributed by atoms with Gasteiger partial charge in [-0.25, -0.2) is 0 Å². The summed E-state index contributed by atoms with van der Waals surface area (Å²) in [7, 11) is 0. The number of hydrogen-bond donors (Lipinski definition) is 2. The molecule has 0 fully saturated rings. The quantitative estimate of drug-likeness (QED) is 0.440. The van der Waals surface area contributed by atoms with Crippen LogP contribution in [0.25, 0.3) is 0 Å². The molecule has 1 rings (SSSR count). The van der Waals surface area contributed by atoms with Crippen molar-refractivity contribution in [2.45, 2.75) is 6.92 Å². The largest absolute Gasteiger partial charge is 0.355 e. The first-order valence-electron chi connectivity index (χ1n) is 5.77. The first-order valence-corrected chi connectivity index (χ1v) is 5.77. The van der Waals surface area contributed by atoms with Crippen LogP contribution in [0.2, 0.25) is 0 Å². The Morgan fingerprint density at radius 2 is 1.48 bits per heavy atom. The van der Waals surface area contributed by atoms with Crippen molar-refractivity contribution in [3.8, 4) is 0 Å². The number of hydrogen-bond acceptors (Lipinski definition) is 6. The van der Waals surface area contributed by atoms with E-state index in [1.165, 1.54) is 6.92 Å². The SMILES string of the molecule is CC(=O)NCCNC(=O)c1cc([N+](=O)[O-])cc([N+](=O)[O-])c1. The minimum atomic E-state index is -0.818. The second-order valence-electron chi connectivity index (χ2n) is 3.99. The van der Waals surface area contributed by atoms with Gasteiger partial charge < -0.3 is 10.6 Å². The molecule has 21 heavy (non-hydrogen) atoms. The molecule has 0 atom stereocenters. The van der Waals surface area contributed by atoms with E-state index in [1.54, 1.807) is 0 Å². The van der Waals surface area contributed by atoms with Crippen molar-refractivity contribution in [1.82, 2.24) is 10.6 Å². The van der Waals surface area contributed by atoms with Crippen LogP contribution in [0.15, 0.2) is 18.2 Å². The van der Waals surface area contributed by atoms with Crippen molar-refractivity contribution in [1.29, 1.82) is 0 Å². The Kier molecular flexibility index (Phi) is 5.29. The van der Waals surface area contributed by atoms with Gasteiger partial charge in [-0.15, -0.1) is 0 Å². The molecule has 0 heterocycles. The Morgan fingerprint density at radius 3 is 1.90 bits per heavy atom. The zero-order valence-corrected chi connectivity index (χ0v) is 11.0. The summed E-state index contributed by atoms with van der Waals surface area (Å²) in [6.07, 6.45) is 0. The number of nitro benzene ring substituents is 2. The first kappa shape index (κ1) is 16.0. The maximum Gasteiger partial charge on any atom is 0.277 e. The zero-order chi connectivity index (χ0) is 16.0. The predicted octanol–water partition coefficient (Wildman–Crippen LogP) is 0.369. The summed E-state index contributed by atoms with van der Waals surface area (Å²) in [6, 6.07) is 2.66. The molecule has 10 nitrogen and oxygen atoms in total. The number of nitrogens with zero attached hydrogens (tertiary/aromatic N) is 2. The minimum Gasteiger partial charge on any atom is -0.355 e. The van der Waals surface area contributed by atoms with Crippen molar-refractivity contribution in [3.63, 3.8) is 0 Å². The maximum atomic E-state index is 11.8. The smallest absolute Gasteiger partial charge is 0.277 e. The van der Waals surface area contributed by atoms with Crippen LogP contribution in [0.3, 0.4) is 0 Å². The molecular formula is C11H12N4O6. The normalized spacial score (nSPS) is 9.76. The van der Waals surface area contributed by atoms with E-state index in [1.807, 2.05) is 0 Å². The molecule has 1 aromatic carbocycles. The molecular weight excluding hydrogens is 284 g/mol. The predicted molar refractivity (Wildman–Crippen MR) is 70.8 cm³/mol. The lowest BCUT2D eigenvalue weighted by atomic mass is 10.1. The van der Waals surface area contributed by atoms with E-state index in [-0.39, 0.29) is 24.6 Å². The van der Waals surface area contributed by atoms with Crippen molar-refractivity contribution in [2.75, 3.05) is 13.1 Å². The highest BCUT2D eigenvalue weighted by atomic mass is 16.6. The van der Waals surface area contributed by atoms with Crippen molar-refractivity contribution >= 4 is 23.2 Å². The van der Waals surface area contributed by atoms with Gasteiger partial charge in [0.1, 0.15) is 0 Å². The molecule has 0 saturated carbocycles. The van der Waals surface area contributed by atoms with Gasteiger partial charge in [-0.3, -0.25) is 29.8 Å². The Labute approximate surface area is 118 Å². The fourth-order valence-electron chi connectivity index (χ4n) is 1.45. The van der Waals surface area contributed by atoms with Gasteiger partial charge in [0, 0.05) is 32.1 Å². The van der Waals surface area contributed by atoms with Gasteiger partial charge in [0.2, 0.25) is 5.91 Å². The molecule has 0 unspecified atom stereocenters. The van der Waals surface area contributed by atoms with Crippen LogP contribution < -0.4 is 10.6 Å². The second kappa shape index (κ2) is 6.93. The number of nitro groups is 2. The molecule has 0 bridgehead atoms. The third kappa shape index (κ3) is 4.86. The Hall–Kier alpha value is -3.04. The van der Waals surface area contributed by atoms with Gasteiger partial charge in [-0.2, -0.15) is 0 Å². The summed E-state index contributed by atoms with van der Waals surface area (Å²) in [5, 5.41) is 26.2. The van der Waals surface area contributed by atoms with E-state index in [0.29, 0.717) is 0 Å². The van der Waals surface area contributed by atoms with Crippen LogP contribution in [0.1, 0.15) is 17.3 Å². The van der Waals surface area contributed by atoms with E-state index in [2.05, 4.69) is 10.6 Å². The van der Waals surface area contributed by atoms with Crippen LogP contribution in [-0.2, 0) is 4.79 Å². The Morgan fingerprint density at radius 1 is 1.00 bits per heavy atom. The van der Waals surface area contributed by atoms with Crippen molar-refractivity contribution < 1.29 is 19.4 Å². The lowest BCUT2D eigenvalue weighted by Crippen LogP contribution is -2.33.